The third kappa shape index (κ3) is 5.24. The molecule has 1 aromatic heterocycles. The van der Waals surface area contributed by atoms with Gasteiger partial charge in [-0.1, -0.05) is 0 Å². The maximum Gasteiger partial charge on any atom is 0.325 e. The van der Waals surface area contributed by atoms with Gasteiger partial charge in [0.15, 0.2) is 16.7 Å². The van der Waals surface area contributed by atoms with Crippen molar-refractivity contribution in [2.24, 2.45) is 0 Å². The zero-order valence-corrected chi connectivity index (χ0v) is 16.2. The van der Waals surface area contributed by atoms with Crippen LogP contribution in [0, 0.1) is 0 Å². The summed E-state index contributed by atoms with van der Waals surface area (Å²) in [6, 6.07) is 0. The van der Waals surface area contributed by atoms with E-state index in [-0.39, 0.29) is 12.5 Å². The number of anilines is 2. The Balaban J connectivity index is 1.58. The van der Waals surface area contributed by atoms with Crippen LogP contribution in [0.2, 0.25) is 0 Å². The number of aromatic nitrogens is 2. The average molecular weight is 395 g/mol. The number of esters is 1. The third-order valence-electron chi connectivity index (χ3n) is 4.48. The second-order valence-corrected chi connectivity index (χ2v) is 6.73. The van der Waals surface area contributed by atoms with Crippen LogP contribution >= 0.6 is 12.2 Å². The zero-order valence-electron chi connectivity index (χ0n) is 15.4. The molecule has 2 fully saturated rings. The molecule has 0 aliphatic carbocycles. The molecule has 2 saturated heterocycles. The summed E-state index contributed by atoms with van der Waals surface area (Å²) in [6.07, 6.45) is 5.68. The van der Waals surface area contributed by atoms with Crippen molar-refractivity contribution < 1.29 is 19.0 Å². The van der Waals surface area contributed by atoms with Crippen LogP contribution < -0.4 is 15.5 Å². The molecule has 0 amide bonds. The van der Waals surface area contributed by atoms with E-state index >= 15 is 0 Å². The molecule has 3 rings (SSSR count). The summed E-state index contributed by atoms with van der Waals surface area (Å²) in [5.74, 6) is -0.0535. The molecule has 9 nitrogen and oxygen atoms in total. The molecule has 148 valence electrons. The van der Waals surface area contributed by atoms with Gasteiger partial charge in [-0.3, -0.25) is 4.79 Å². The standard InChI is InChI=1S/C17H25N5O4S/c1-2-24-14(23)11-19-16(27)21-13-10-18-12-20-15(13)22-6-4-17(5-7-22)25-8-3-9-26-17/h10,12H,2-9,11H2,1H3,(H2,19,21,27). The molecule has 2 aliphatic heterocycles. The Morgan fingerprint density at radius 2 is 2.11 bits per heavy atom. The van der Waals surface area contributed by atoms with Gasteiger partial charge in [-0.25, -0.2) is 9.97 Å². The molecule has 2 N–H and O–H groups in total. The first-order chi connectivity index (χ1) is 13.1. The number of hydrogen-bond acceptors (Lipinski definition) is 8. The van der Waals surface area contributed by atoms with E-state index < -0.39 is 5.79 Å². The Morgan fingerprint density at radius 1 is 1.37 bits per heavy atom. The molecule has 0 aromatic carbocycles. The molecule has 0 radical (unpaired) electrons. The number of thiocarbonyl (C=S) groups is 1. The van der Waals surface area contributed by atoms with Gasteiger partial charge < -0.3 is 29.7 Å². The van der Waals surface area contributed by atoms with Crippen LogP contribution in [-0.2, 0) is 19.0 Å². The van der Waals surface area contributed by atoms with E-state index in [9.17, 15) is 4.79 Å². The summed E-state index contributed by atoms with van der Waals surface area (Å²) in [4.78, 5) is 22.1. The molecule has 0 atom stereocenters. The molecular weight excluding hydrogens is 370 g/mol. The van der Waals surface area contributed by atoms with Gasteiger partial charge in [0.1, 0.15) is 18.6 Å². The Kier molecular flexibility index (Phi) is 6.75. The maximum atomic E-state index is 11.4. The molecular formula is C17H25N5O4S. The Morgan fingerprint density at radius 3 is 2.81 bits per heavy atom. The first-order valence-electron chi connectivity index (χ1n) is 9.15. The lowest BCUT2D eigenvalue weighted by Gasteiger charge is -2.43. The fourth-order valence-electron chi connectivity index (χ4n) is 3.16. The van der Waals surface area contributed by atoms with Gasteiger partial charge in [0.25, 0.3) is 0 Å². The highest BCUT2D eigenvalue weighted by atomic mass is 32.1. The average Bonchev–Trinajstić information content (AvgIpc) is 2.69. The smallest absolute Gasteiger partial charge is 0.325 e. The third-order valence-corrected chi connectivity index (χ3v) is 4.73. The minimum Gasteiger partial charge on any atom is -0.465 e. The summed E-state index contributed by atoms with van der Waals surface area (Å²) in [5.41, 5.74) is 0.681. The van der Waals surface area contributed by atoms with Gasteiger partial charge in [0.05, 0.1) is 26.0 Å². The van der Waals surface area contributed by atoms with Crippen molar-refractivity contribution in [1.29, 1.82) is 0 Å². The number of rotatable bonds is 5. The van der Waals surface area contributed by atoms with Crippen LogP contribution in [0.25, 0.3) is 0 Å². The SMILES string of the molecule is CCOC(=O)CNC(=S)Nc1cncnc1N1CCC2(CC1)OCCCO2. The van der Waals surface area contributed by atoms with Crippen LogP contribution in [0.4, 0.5) is 11.5 Å². The second-order valence-electron chi connectivity index (χ2n) is 6.32. The predicted octanol–water partition coefficient (Wildman–Crippen LogP) is 1.06. The molecule has 27 heavy (non-hydrogen) atoms. The Labute approximate surface area is 163 Å². The number of nitrogens with one attached hydrogen (secondary N) is 2. The van der Waals surface area contributed by atoms with E-state index in [4.69, 9.17) is 26.4 Å². The fourth-order valence-corrected chi connectivity index (χ4v) is 3.34. The largest absolute Gasteiger partial charge is 0.465 e. The van der Waals surface area contributed by atoms with Crippen molar-refractivity contribution in [2.75, 3.05) is 49.7 Å². The minimum absolute atomic E-state index is 0.00358. The van der Waals surface area contributed by atoms with Crippen LogP contribution in [0.1, 0.15) is 26.2 Å². The number of piperidine rings is 1. The lowest BCUT2D eigenvalue weighted by molar-refractivity contribution is -0.275. The normalized spacial score (nSPS) is 18.8. The van der Waals surface area contributed by atoms with E-state index in [1.807, 2.05) is 0 Å². The first kappa shape index (κ1) is 19.7. The topological polar surface area (TPSA) is 97.8 Å². The number of nitrogens with zero attached hydrogens (tertiary/aromatic N) is 3. The van der Waals surface area contributed by atoms with Gasteiger partial charge in [-0.05, 0) is 25.6 Å². The lowest BCUT2D eigenvalue weighted by atomic mass is 10.0. The molecule has 0 unspecified atom stereocenters. The Bertz CT molecular complexity index is 658. The predicted molar refractivity (Wildman–Crippen MR) is 104 cm³/mol. The van der Waals surface area contributed by atoms with Crippen molar-refractivity contribution in [1.82, 2.24) is 15.3 Å². The van der Waals surface area contributed by atoms with Gasteiger partial charge in [-0.2, -0.15) is 0 Å². The van der Waals surface area contributed by atoms with Crippen LogP contribution in [-0.4, -0.2) is 66.3 Å². The van der Waals surface area contributed by atoms with E-state index in [1.165, 1.54) is 6.33 Å². The molecule has 3 heterocycles. The van der Waals surface area contributed by atoms with E-state index in [2.05, 4.69) is 25.5 Å². The quantitative estimate of drug-likeness (QED) is 0.556. The maximum absolute atomic E-state index is 11.4. The number of ether oxygens (including phenoxy) is 3. The van der Waals surface area contributed by atoms with Crippen molar-refractivity contribution in [3.8, 4) is 0 Å². The number of carbonyl (C=O) groups excluding carboxylic acids is 1. The van der Waals surface area contributed by atoms with E-state index in [0.29, 0.717) is 17.4 Å². The Hall–Kier alpha value is -2.04. The molecule has 10 heteroatoms. The number of carbonyl (C=O) groups is 1. The number of hydrogen-bond donors (Lipinski definition) is 2. The fraction of sp³-hybridized carbons (Fsp3) is 0.647. The van der Waals surface area contributed by atoms with Crippen LogP contribution in [0.15, 0.2) is 12.5 Å². The van der Waals surface area contributed by atoms with Crippen LogP contribution in [0.3, 0.4) is 0 Å². The second kappa shape index (κ2) is 9.25. The van der Waals surface area contributed by atoms with Gasteiger partial charge in [0, 0.05) is 25.9 Å². The van der Waals surface area contributed by atoms with Crippen molar-refractivity contribution in [2.45, 2.75) is 32.0 Å². The molecule has 0 saturated carbocycles. The van der Waals surface area contributed by atoms with Crippen molar-refractivity contribution in [3.63, 3.8) is 0 Å². The van der Waals surface area contributed by atoms with E-state index in [0.717, 1.165) is 51.4 Å². The minimum atomic E-state index is -0.453. The highest BCUT2D eigenvalue weighted by Crippen LogP contribution is 2.33. The first-order valence-corrected chi connectivity index (χ1v) is 9.56. The summed E-state index contributed by atoms with van der Waals surface area (Å²) in [5, 5.41) is 6.20. The molecule has 1 aromatic rings. The zero-order chi connectivity index (χ0) is 19.1. The van der Waals surface area contributed by atoms with E-state index in [1.54, 1.807) is 13.1 Å². The summed E-state index contributed by atoms with van der Waals surface area (Å²) < 4.78 is 16.6. The molecule has 0 bridgehead atoms. The molecule has 1 spiro atoms. The summed E-state index contributed by atoms with van der Waals surface area (Å²) in [7, 11) is 0. The molecule has 2 aliphatic rings. The van der Waals surface area contributed by atoms with Crippen molar-refractivity contribution in [3.05, 3.63) is 12.5 Å². The monoisotopic (exact) mass is 395 g/mol. The van der Waals surface area contributed by atoms with Crippen molar-refractivity contribution >= 4 is 34.8 Å². The highest BCUT2D eigenvalue weighted by Gasteiger charge is 2.39. The van der Waals surface area contributed by atoms with Gasteiger partial charge >= 0.3 is 5.97 Å². The lowest BCUT2D eigenvalue weighted by Crippen LogP contribution is -2.50. The van der Waals surface area contributed by atoms with Gasteiger partial charge in [-0.15, -0.1) is 0 Å². The highest BCUT2D eigenvalue weighted by molar-refractivity contribution is 7.80. The summed E-state index contributed by atoms with van der Waals surface area (Å²) >= 11 is 5.25. The van der Waals surface area contributed by atoms with Gasteiger partial charge in [0.2, 0.25) is 0 Å². The summed E-state index contributed by atoms with van der Waals surface area (Å²) in [6.45, 7) is 5.12. The van der Waals surface area contributed by atoms with Crippen LogP contribution in [0.5, 0.6) is 0 Å².